The molecule has 1 amide bonds. The zero-order chi connectivity index (χ0) is 19.7. The normalized spacial score (nSPS) is 14.1. The van der Waals surface area contributed by atoms with Crippen LogP contribution in [0.3, 0.4) is 0 Å². The van der Waals surface area contributed by atoms with Gasteiger partial charge in [-0.1, -0.05) is 35.9 Å². The average molecular weight is 374 g/mol. The first-order chi connectivity index (χ1) is 13.6. The Balaban J connectivity index is 1.52. The maximum absolute atomic E-state index is 12.6. The van der Waals surface area contributed by atoms with E-state index in [0.29, 0.717) is 25.1 Å². The van der Waals surface area contributed by atoms with Gasteiger partial charge in [0, 0.05) is 41.3 Å². The minimum absolute atomic E-state index is 0.433. The number of hydrogen-bond donors (Lipinski definition) is 1. The summed E-state index contributed by atoms with van der Waals surface area (Å²) >= 11 is 0. The second-order valence-electron chi connectivity index (χ2n) is 7.04. The Bertz CT molecular complexity index is 1080. The number of ether oxygens (including phenoxy) is 1. The van der Waals surface area contributed by atoms with E-state index >= 15 is 0 Å². The van der Waals surface area contributed by atoms with E-state index < -0.39 is 11.7 Å². The van der Waals surface area contributed by atoms with E-state index in [9.17, 15) is 9.59 Å². The number of rotatable bonds is 4. The van der Waals surface area contributed by atoms with Crippen LogP contribution in [0.5, 0.6) is 5.75 Å². The highest BCUT2D eigenvalue weighted by molar-refractivity contribution is 6.42. The lowest BCUT2D eigenvalue weighted by molar-refractivity contribution is -0.126. The van der Waals surface area contributed by atoms with Gasteiger partial charge in [0.1, 0.15) is 5.75 Å². The Morgan fingerprint density at radius 1 is 1.11 bits per heavy atom. The van der Waals surface area contributed by atoms with Crippen molar-refractivity contribution < 1.29 is 14.3 Å². The van der Waals surface area contributed by atoms with Crippen LogP contribution in [0.4, 0.5) is 0 Å². The number of amides is 1. The van der Waals surface area contributed by atoms with Gasteiger partial charge in [0.25, 0.3) is 5.91 Å². The molecule has 1 aliphatic rings. The van der Waals surface area contributed by atoms with Gasteiger partial charge >= 0.3 is 0 Å². The van der Waals surface area contributed by atoms with Gasteiger partial charge in [-0.2, -0.15) is 0 Å². The van der Waals surface area contributed by atoms with Gasteiger partial charge in [-0.25, -0.2) is 0 Å². The second-order valence-corrected chi connectivity index (χ2v) is 7.04. The third kappa shape index (κ3) is 3.31. The molecule has 142 valence electrons. The summed E-state index contributed by atoms with van der Waals surface area (Å²) in [5, 5.41) is 1.10. The quantitative estimate of drug-likeness (QED) is 0.555. The fourth-order valence-electron chi connectivity index (χ4n) is 3.56. The minimum Gasteiger partial charge on any atom is -0.497 e. The summed E-state index contributed by atoms with van der Waals surface area (Å²) in [4.78, 5) is 30.0. The van der Waals surface area contributed by atoms with Crippen molar-refractivity contribution in [1.29, 1.82) is 0 Å². The molecule has 28 heavy (non-hydrogen) atoms. The summed E-state index contributed by atoms with van der Waals surface area (Å²) in [6.07, 6.45) is 4.73. The van der Waals surface area contributed by atoms with Crippen molar-refractivity contribution in [3.8, 4) is 5.75 Å². The van der Waals surface area contributed by atoms with Crippen molar-refractivity contribution in [3.63, 3.8) is 0 Å². The smallest absolute Gasteiger partial charge is 0.295 e. The number of hydrogen-bond acceptors (Lipinski definition) is 3. The van der Waals surface area contributed by atoms with Crippen molar-refractivity contribution in [1.82, 2.24) is 9.88 Å². The highest BCUT2D eigenvalue weighted by atomic mass is 16.5. The van der Waals surface area contributed by atoms with Crippen molar-refractivity contribution in [2.45, 2.75) is 13.3 Å². The lowest BCUT2D eigenvalue weighted by atomic mass is 9.98. The van der Waals surface area contributed by atoms with Crippen LogP contribution in [0.2, 0.25) is 0 Å². The fourth-order valence-corrected chi connectivity index (χ4v) is 3.56. The molecule has 1 aliphatic heterocycles. The van der Waals surface area contributed by atoms with Crippen LogP contribution >= 0.6 is 0 Å². The molecule has 3 aromatic rings. The van der Waals surface area contributed by atoms with Gasteiger partial charge in [0.05, 0.1) is 7.11 Å². The summed E-state index contributed by atoms with van der Waals surface area (Å²) < 4.78 is 5.33. The number of aromatic nitrogens is 1. The van der Waals surface area contributed by atoms with Crippen molar-refractivity contribution in [2.75, 3.05) is 20.2 Å². The molecular weight excluding hydrogens is 352 g/mol. The molecule has 2 aromatic carbocycles. The van der Waals surface area contributed by atoms with Gasteiger partial charge in [0.15, 0.2) is 0 Å². The average Bonchev–Trinajstić information content (AvgIpc) is 3.16. The van der Waals surface area contributed by atoms with Crippen molar-refractivity contribution >= 4 is 28.2 Å². The second kappa shape index (κ2) is 7.35. The van der Waals surface area contributed by atoms with Crippen LogP contribution in [0.25, 0.3) is 16.5 Å². The summed E-state index contributed by atoms with van der Waals surface area (Å²) in [5.41, 5.74) is 4.83. The molecule has 0 atom stereocenters. The van der Waals surface area contributed by atoms with Crippen LogP contribution in [0.1, 0.15) is 27.9 Å². The molecular formula is C23H22N2O3. The van der Waals surface area contributed by atoms with E-state index in [4.69, 9.17) is 4.74 Å². The molecule has 0 spiro atoms. The van der Waals surface area contributed by atoms with Gasteiger partial charge in [-0.15, -0.1) is 0 Å². The first-order valence-corrected chi connectivity index (χ1v) is 9.31. The van der Waals surface area contributed by atoms with Crippen molar-refractivity contribution in [2.24, 2.45) is 0 Å². The zero-order valence-electron chi connectivity index (χ0n) is 16.0. The Morgan fingerprint density at radius 2 is 1.89 bits per heavy atom. The standard InChI is InChI=1S/C23H22N2O3/c1-15-3-5-17(6-4-15)22(26)23(27)25-11-9-16(10-12-25)20-14-24-21-8-7-18(28-2)13-19(20)21/h3-9,13-14,24H,10-12H2,1-2H3. The van der Waals surface area contributed by atoms with Crippen LogP contribution in [0, 0.1) is 6.92 Å². The van der Waals surface area contributed by atoms with Crippen LogP contribution < -0.4 is 4.74 Å². The molecule has 0 radical (unpaired) electrons. The topological polar surface area (TPSA) is 62.4 Å². The predicted molar refractivity (Wildman–Crippen MR) is 110 cm³/mol. The SMILES string of the molecule is COc1ccc2[nH]cc(C3=CCN(C(=O)C(=O)c4ccc(C)cc4)CC3)c2c1. The largest absolute Gasteiger partial charge is 0.497 e. The van der Waals surface area contributed by atoms with Gasteiger partial charge in [-0.05, 0) is 37.1 Å². The molecule has 2 heterocycles. The first kappa shape index (κ1) is 18.0. The number of carbonyl (C=O) groups excluding carboxylic acids is 2. The third-order valence-corrected chi connectivity index (χ3v) is 5.24. The number of aromatic amines is 1. The molecule has 5 heteroatoms. The molecule has 0 bridgehead atoms. The third-order valence-electron chi connectivity index (χ3n) is 5.24. The van der Waals surface area contributed by atoms with E-state index in [1.54, 1.807) is 24.1 Å². The number of ketones is 1. The van der Waals surface area contributed by atoms with Gasteiger partial charge in [-0.3, -0.25) is 9.59 Å². The van der Waals surface area contributed by atoms with Crippen LogP contribution in [-0.2, 0) is 4.79 Å². The number of nitrogens with zero attached hydrogens (tertiary/aromatic N) is 1. The molecule has 4 rings (SSSR count). The summed E-state index contributed by atoms with van der Waals surface area (Å²) in [6, 6.07) is 13.0. The molecule has 5 nitrogen and oxygen atoms in total. The fraction of sp³-hybridized carbons (Fsp3) is 0.217. The number of nitrogens with one attached hydrogen (secondary N) is 1. The lowest BCUT2D eigenvalue weighted by Crippen LogP contribution is -2.39. The Kier molecular flexibility index (Phi) is 4.74. The molecule has 1 N–H and O–H groups in total. The number of fused-ring (bicyclic) bond motifs is 1. The van der Waals surface area contributed by atoms with Crippen LogP contribution in [0.15, 0.2) is 54.7 Å². The molecule has 1 aromatic heterocycles. The van der Waals surface area contributed by atoms with E-state index in [-0.39, 0.29) is 0 Å². The van der Waals surface area contributed by atoms with E-state index in [2.05, 4.69) is 4.98 Å². The number of aryl methyl sites for hydroxylation is 1. The Labute approximate surface area is 163 Å². The molecule has 0 saturated carbocycles. The highest BCUT2D eigenvalue weighted by Crippen LogP contribution is 2.31. The number of carbonyl (C=O) groups is 2. The van der Waals surface area contributed by atoms with E-state index in [1.807, 2.05) is 49.5 Å². The number of H-pyrrole nitrogens is 1. The maximum atomic E-state index is 12.6. The molecule has 0 aliphatic carbocycles. The summed E-state index contributed by atoms with van der Waals surface area (Å²) in [7, 11) is 1.65. The summed E-state index contributed by atoms with van der Waals surface area (Å²) in [5.74, 6) is -0.0845. The Morgan fingerprint density at radius 3 is 2.57 bits per heavy atom. The predicted octanol–water partition coefficient (Wildman–Crippen LogP) is 3.98. The van der Waals surface area contributed by atoms with Crippen molar-refractivity contribution in [3.05, 3.63) is 71.4 Å². The van der Waals surface area contributed by atoms with Crippen LogP contribution in [-0.4, -0.2) is 41.8 Å². The first-order valence-electron chi connectivity index (χ1n) is 9.31. The zero-order valence-corrected chi connectivity index (χ0v) is 16.0. The molecule has 0 saturated heterocycles. The number of methoxy groups -OCH3 is 1. The maximum Gasteiger partial charge on any atom is 0.295 e. The summed E-state index contributed by atoms with van der Waals surface area (Å²) in [6.45, 7) is 2.91. The molecule has 0 fully saturated rings. The lowest BCUT2D eigenvalue weighted by Gasteiger charge is -2.26. The number of benzene rings is 2. The highest BCUT2D eigenvalue weighted by Gasteiger charge is 2.25. The number of Topliss-reactive ketones (excluding diaryl/α,β-unsaturated/α-hetero) is 1. The van der Waals surface area contributed by atoms with E-state index in [0.717, 1.165) is 27.8 Å². The minimum atomic E-state index is -0.450. The van der Waals surface area contributed by atoms with Gasteiger partial charge < -0.3 is 14.6 Å². The van der Waals surface area contributed by atoms with E-state index in [1.165, 1.54) is 5.57 Å². The Hall–Kier alpha value is -3.34. The molecule has 0 unspecified atom stereocenters. The monoisotopic (exact) mass is 374 g/mol. The van der Waals surface area contributed by atoms with Gasteiger partial charge in [0.2, 0.25) is 5.78 Å².